The molecule has 3 atom stereocenters. The van der Waals surface area contributed by atoms with Gasteiger partial charge in [-0.3, -0.25) is 18.6 Å². The van der Waals surface area contributed by atoms with E-state index in [1.54, 1.807) is 0 Å². The highest BCUT2D eigenvalue weighted by molar-refractivity contribution is 7.47. The molecule has 0 saturated heterocycles. The molecule has 0 aliphatic rings. The summed E-state index contributed by atoms with van der Waals surface area (Å²) in [6.45, 7) is 6.91. The number of carbonyl (C=O) groups excluding carboxylic acids is 2. The van der Waals surface area contributed by atoms with Crippen molar-refractivity contribution in [3.63, 3.8) is 0 Å². The third-order valence-corrected chi connectivity index (χ3v) is 15.4. The Bertz CT molecular complexity index is 1570. The number of unbranched alkanes of at least 4 members (excludes halogenated alkanes) is 33. The number of likely N-dealkylation sites (N-methyl/N-ethyl adjacent to an activating group) is 1. The molecule has 0 aromatic rings. The molecule has 0 aliphatic carbocycles. The summed E-state index contributed by atoms with van der Waals surface area (Å²) in [5.41, 5.74) is 0. The second kappa shape index (κ2) is 57.7. The van der Waals surface area contributed by atoms with E-state index in [0.717, 1.165) is 89.9 Å². The lowest BCUT2D eigenvalue weighted by Gasteiger charge is -2.27. The summed E-state index contributed by atoms with van der Waals surface area (Å²) in [6, 6.07) is -0.849. The number of nitrogens with one attached hydrogen (secondary N) is 1. The molecule has 2 N–H and O–H groups in total. The summed E-state index contributed by atoms with van der Waals surface area (Å²) in [7, 11) is 1.50. The first-order chi connectivity index (χ1) is 37.9. The molecule has 78 heavy (non-hydrogen) atoms. The van der Waals surface area contributed by atoms with Gasteiger partial charge in [-0.2, -0.15) is 0 Å². The molecule has 0 bridgehead atoms. The number of hydrogen-bond donors (Lipinski definition) is 2. The molecule has 0 saturated carbocycles. The first-order valence-corrected chi connectivity index (χ1v) is 34.3. The Kier molecular flexibility index (Phi) is 55.8. The summed E-state index contributed by atoms with van der Waals surface area (Å²) < 4.78 is 30.7. The van der Waals surface area contributed by atoms with Crippen LogP contribution < -0.4 is 5.32 Å². The van der Waals surface area contributed by atoms with Crippen molar-refractivity contribution in [2.45, 2.75) is 309 Å². The van der Waals surface area contributed by atoms with Gasteiger partial charge in [-0.25, -0.2) is 4.57 Å². The number of hydrogen-bond acceptors (Lipinski definition) is 6. The number of phosphoric acid groups is 1. The van der Waals surface area contributed by atoms with Crippen LogP contribution in [0, 0.1) is 0 Å². The van der Waals surface area contributed by atoms with Gasteiger partial charge in [-0.1, -0.05) is 280 Å². The fourth-order valence-electron chi connectivity index (χ4n) is 9.38. The highest BCUT2D eigenvalue weighted by Gasteiger charge is 2.30. The highest BCUT2D eigenvalue weighted by atomic mass is 31.2. The maximum Gasteiger partial charge on any atom is 0.472 e. The van der Waals surface area contributed by atoms with Gasteiger partial charge in [0.25, 0.3) is 0 Å². The number of carbonyl (C=O) groups is 2. The van der Waals surface area contributed by atoms with Crippen LogP contribution in [-0.4, -0.2) is 74.3 Å². The Hall–Kier alpha value is -2.55. The smallest absolute Gasteiger partial charge is 0.456 e. The van der Waals surface area contributed by atoms with Gasteiger partial charge in [0.2, 0.25) is 5.91 Å². The van der Waals surface area contributed by atoms with Crippen molar-refractivity contribution in [1.82, 2.24) is 5.32 Å². The van der Waals surface area contributed by atoms with Crippen LogP contribution >= 0.6 is 7.82 Å². The van der Waals surface area contributed by atoms with E-state index in [0.29, 0.717) is 23.9 Å². The van der Waals surface area contributed by atoms with Crippen LogP contribution in [0.15, 0.2) is 72.9 Å². The van der Waals surface area contributed by atoms with Crippen LogP contribution in [0.25, 0.3) is 0 Å². The average molecular weight is 1110 g/mol. The number of allylic oxidation sites excluding steroid dienone is 11. The third kappa shape index (κ3) is 58.1. The molecular weight excluding hydrogens is 988 g/mol. The van der Waals surface area contributed by atoms with Gasteiger partial charge >= 0.3 is 13.8 Å². The zero-order valence-electron chi connectivity index (χ0n) is 51.9. The fraction of sp³-hybridized carbons (Fsp3) is 0.794. The van der Waals surface area contributed by atoms with Gasteiger partial charge < -0.3 is 19.4 Å². The van der Waals surface area contributed by atoms with E-state index in [2.05, 4.69) is 86.8 Å². The number of nitrogens with zero attached hydrogens (tertiary/aromatic N) is 1. The molecule has 454 valence electrons. The molecule has 1 amide bonds. The normalized spacial score (nSPS) is 14.1. The van der Waals surface area contributed by atoms with E-state index in [-0.39, 0.29) is 25.1 Å². The van der Waals surface area contributed by atoms with Crippen LogP contribution in [0.2, 0.25) is 0 Å². The van der Waals surface area contributed by atoms with Gasteiger partial charge in [0, 0.05) is 12.8 Å². The summed E-state index contributed by atoms with van der Waals surface area (Å²) in [6.07, 6.45) is 74.7. The average Bonchev–Trinajstić information content (AvgIpc) is 3.40. The third-order valence-electron chi connectivity index (χ3n) is 14.4. The molecule has 0 aliphatic heterocycles. The topological polar surface area (TPSA) is 111 Å². The molecule has 0 spiro atoms. The van der Waals surface area contributed by atoms with Crippen LogP contribution in [0.1, 0.15) is 297 Å². The van der Waals surface area contributed by atoms with Crippen LogP contribution in [0.5, 0.6) is 0 Å². The van der Waals surface area contributed by atoms with Gasteiger partial charge in [0.1, 0.15) is 19.3 Å². The van der Waals surface area contributed by atoms with Crippen molar-refractivity contribution in [1.29, 1.82) is 0 Å². The van der Waals surface area contributed by atoms with Gasteiger partial charge in [-0.05, 0) is 76.7 Å². The summed E-state index contributed by atoms with van der Waals surface area (Å²) in [4.78, 5) is 37.7. The van der Waals surface area contributed by atoms with Gasteiger partial charge in [0.15, 0.2) is 0 Å². The molecule has 0 aromatic carbocycles. The van der Waals surface area contributed by atoms with Crippen molar-refractivity contribution in [2.24, 2.45) is 0 Å². The number of ether oxygens (including phenoxy) is 1. The summed E-state index contributed by atoms with van der Waals surface area (Å²) in [5.74, 6) is -0.501. The molecule has 0 rings (SSSR count). The van der Waals surface area contributed by atoms with Gasteiger partial charge in [0.05, 0.1) is 33.8 Å². The van der Waals surface area contributed by atoms with E-state index in [9.17, 15) is 19.0 Å². The van der Waals surface area contributed by atoms with Crippen LogP contribution in [0.3, 0.4) is 0 Å². The zero-order valence-corrected chi connectivity index (χ0v) is 52.8. The van der Waals surface area contributed by atoms with Crippen molar-refractivity contribution in [3.8, 4) is 0 Å². The maximum atomic E-state index is 13.6. The molecule has 10 heteroatoms. The summed E-state index contributed by atoms with van der Waals surface area (Å²) >= 11 is 0. The van der Waals surface area contributed by atoms with Crippen LogP contribution in [-0.2, 0) is 27.9 Å². The zero-order chi connectivity index (χ0) is 57.2. The van der Waals surface area contributed by atoms with Gasteiger partial charge in [-0.15, -0.1) is 0 Å². The number of rotatable bonds is 59. The number of amides is 1. The minimum absolute atomic E-state index is 0.0393. The van der Waals surface area contributed by atoms with Crippen molar-refractivity contribution < 1.29 is 37.3 Å². The lowest BCUT2D eigenvalue weighted by atomic mass is 10.0. The molecule has 9 nitrogen and oxygen atoms in total. The van der Waals surface area contributed by atoms with Crippen molar-refractivity contribution in [2.75, 3.05) is 40.9 Å². The molecule has 0 aromatic heterocycles. The Morgan fingerprint density at radius 2 is 0.821 bits per heavy atom. The highest BCUT2D eigenvalue weighted by Crippen LogP contribution is 2.43. The minimum Gasteiger partial charge on any atom is -0.456 e. The first-order valence-electron chi connectivity index (χ1n) is 32.8. The fourth-order valence-corrected chi connectivity index (χ4v) is 10.1. The SMILES string of the molecule is CC/C=C\C/C=C\C/C=C\C/C=C\C/C=C\CCCCCCCCCCCCCC(=O)NC(COP(=O)(O)OCC[N+](C)(C)C)C(/C=C\CCCCCCCCCCCC)OC(=O)CCCCCCCCCCCCCCC. The summed E-state index contributed by atoms with van der Waals surface area (Å²) in [5, 5.41) is 3.06. The Balaban J connectivity index is 5.05. The predicted molar refractivity (Wildman–Crippen MR) is 337 cm³/mol. The van der Waals surface area contributed by atoms with E-state index < -0.39 is 20.0 Å². The second-order valence-electron chi connectivity index (χ2n) is 23.3. The number of esters is 1. The molecule has 0 heterocycles. The first kappa shape index (κ1) is 75.5. The largest absolute Gasteiger partial charge is 0.472 e. The Labute approximate surface area is 483 Å². The lowest BCUT2D eigenvalue weighted by Crippen LogP contribution is -2.47. The monoisotopic (exact) mass is 1110 g/mol. The standard InChI is InChI=1S/C68H125N2O7P/c1-7-10-13-16-19-22-25-28-29-30-31-32-33-34-35-36-37-38-39-40-41-43-45-48-51-54-57-60-67(71)69-65(64-76-78(73,74)75-63-62-70(4,5)6)66(59-56-53-50-47-44-27-24-21-18-15-12-9-3)77-68(72)61-58-55-52-49-46-42-26-23-20-17-14-11-8-2/h10,13,19,22,28-29,31-32,34-35,56,59,65-66H,7-9,11-12,14-18,20-21,23-27,30,33,36-55,57-58,60-64H2,1-6H3,(H-,69,71,73,74)/p+1/b13-10-,22-19-,29-28-,32-31-,35-34-,59-56-. The van der Waals surface area contributed by atoms with Crippen molar-refractivity contribution >= 4 is 19.7 Å². The number of phosphoric ester groups is 1. The maximum absolute atomic E-state index is 13.6. The van der Waals surface area contributed by atoms with E-state index in [4.69, 9.17) is 13.8 Å². The Morgan fingerprint density at radius 1 is 0.462 bits per heavy atom. The van der Waals surface area contributed by atoms with Crippen molar-refractivity contribution in [3.05, 3.63) is 72.9 Å². The Morgan fingerprint density at radius 3 is 1.23 bits per heavy atom. The van der Waals surface area contributed by atoms with E-state index in [1.165, 1.54) is 173 Å². The molecule has 0 fully saturated rings. The van der Waals surface area contributed by atoms with E-state index in [1.807, 2.05) is 33.3 Å². The second-order valence-corrected chi connectivity index (χ2v) is 24.7. The quantitative estimate of drug-likeness (QED) is 0.0205. The lowest BCUT2D eigenvalue weighted by molar-refractivity contribution is -0.870. The molecule has 3 unspecified atom stereocenters. The van der Waals surface area contributed by atoms with Crippen LogP contribution in [0.4, 0.5) is 0 Å². The van der Waals surface area contributed by atoms with E-state index >= 15 is 0 Å². The molecular formula is C68H126N2O7P+. The number of quaternary nitrogens is 1. The predicted octanol–water partition coefficient (Wildman–Crippen LogP) is 20.4. The molecule has 0 radical (unpaired) electrons. The minimum atomic E-state index is -4.45.